The van der Waals surface area contributed by atoms with Crippen molar-refractivity contribution in [1.29, 1.82) is 0 Å². The monoisotopic (exact) mass is 364 g/mol. The Morgan fingerprint density at radius 1 is 1.50 bits per heavy atom. The summed E-state index contributed by atoms with van der Waals surface area (Å²) < 4.78 is 16.9. The van der Waals surface area contributed by atoms with Gasteiger partial charge in [0.2, 0.25) is 0 Å². The van der Waals surface area contributed by atoms with Crippen LogP contribution in [0.25, 0.3) is 5.52 Å². The summed E-state index contributed by atoms with van der Waals surface area (Å²) in [6, 6.07) is 3.37. The van der Waals surface area contributed by atoms with Gasteiger partial charge in [0.25, 0.3) is 0 Å². The zero-order chi connectivity index (χ0) is 18.9. The van der Waals surface area contributed by atoms with Gasteiger partial charge in [-0.3, -0.25) is 0 Å². The molecule has 0 spiro atoms. The van der Waals surface area contributed by atoms with Gasteiger partial charge < -0.3 is 30.2 Å². The molecule has 3 heterocycles. The number of carbonyl (C=O) groups excluding carboxylic acids is 1. The number of hydrogen-bond donors (Lipinski definition) is 3. The van der Waals surface area contributed by atoms with Gasteiger partial charge in [-0.25, -0.2) is 14.3 Å². The van der Waals surface area contributed by atoms with Crippen molar-refractivity contribution in [1.82, 2.24) is 14.6 Å². The maximum Gasteiger partial charge on any atom is 0.508 e. The predicted molar refractivity (Wildman–Crippen MR) is 89.1 cm³/mol. The quantitative estimate of drug-likeness (QED) is 0.493. The summed E-state index contributed by atoms with van der Waals surface area (Å²) in [6.07, 6.45) is -1.75. The number of aliphatic hydroxyl groups is 2. The summed E-state index contributed by atoms with van der Waals surface area (Å²) in [6.45, 7) is 4.74. The molecular weight excluding hydrogens is 344 g/mol. The maximum absolute atomic E-state index is 11.4. The fourth-order valence-corrected chi connectivity index (χ4v) is 2.98. The van der Waals surface area contributed by atoms with Crippen LogP contribution in [-0.4, -0.2) is 62.5 Å². The first-order chi connectivity index (χ1) is 12.4. The van der Waals surface area contributed by atoms with Crippen molar-refractivity contribution in [3.8, 4) is 0 Å². The fraction of sp³-hybridized carbons (Fsp3) is 0.438. The summed E-state index contributed by atoms with van der Waals surface area (Å²) in [5.74, 6) is 0.271. The highest BCUT2D eigenvalue weighted by Gasteiger charge is 2.54. The zero-order valence-corrected chi connectivity index (χ0v) is 14.1. The normalized spacial score (nSPS) is 28.2. The average Bonchev–Trinajstić information content (AvgIpc) is 3.15. The lowest BCUT2D eigenvalue weighted by Crippen LogP contribution is -2.39. The second-order valence-corrected chi connectivity index (χ2v) is 6.02. The molecule has 0 aliphatic carbocycles. The van der Waals surface area contributed by atoms with Crippen LogP contribution >= 0.6 is 0 Å². The molecule has 0 unspecified atom stereocenters. The minimum atomic E-state index is -1.30. The molecule has 0 amide bonds. The number of nitrogens with zero attached hydrogens (tertiary/aromatic N) is 3. The first-order valence-corrected chi connectivity index (χ1v) is 7.91. The lowest BCUT2D eigenvalue weighted by Gasteiger charge is -2.27. The highest BCUT2D eigenvalue weighted by Crippen LogP contribution is 2.40. The molecule has 0 radical (unpaired) electrons. The van der Waals surface area contributed by atoms with Gasteiger partial charge in [-0.05, 0) is 19.1 Å². The number of ether oxygens (including phenoxy) is 3. The van der Waals surface area contributed by atoms with Crippen LogP contribution in [0.2, 0.25) is 0 Å². The Morgan fingerprint density at radius 3 is 3.00 bits per heavy atom. The lowest BCUT2D eigenvalue weighted by molar-refractivity contribution is -0.0934. The minimum Gasteiger partial charge on any atom is -0.431 e. The number of fused-ring (bicyclic) bond motifs is 1. The smallest absolute Gasteiger partial charge is 0.431 e. The Kier molecular flexibility index (Phi) is 4.81. The third kappa shape index (κ3) is 2.98. The summed E-state index contributed by atoms with van der Waals surface area (Å²) in [5, 5.41) is 25.0. The summed E-state index contributed by atoms with van der Waals surface area (Å²) in [7, 11) is 0. The van der Waals surface area contributed by atoms with Crippen molar-refractivity contribution < 1.29 is 29.2 Å². The van der Waals surface area contributed by atoms with Gasteiger partial charge in [0.1, 0.15) is 49.0 Å². The van der Waals surface area contributed by atoms with E-state index in [-0.39, 0.29) is 19.0 Å². The van der Waals surface area contributed by atoms with E-state index in [1.54, 1.807) is 19.1 Å². The van der Waals surface area contributed by atoms with E-state index in [0.29, 0.717) is 11.2 Å². The molecule has 1 aliphatic rings. The third-order valence-corrected chi connectivity index (χ3v) is 4.34. The number of nitrogen functional groups attached to an aromatic ring is 1. The van der Waals surface area contributed by atoms with Crippen LogP contribution < -0.4 is 5.73 Å². The Labute approximate surface area is 148 Å². The van der Waals surface area contributed by atoms with E-state index >= 15 is 0 Å². The van der Waals surface area contributed by atoms with Gasteiger partial charge in [0, 0.05) is 0 Å². The Morgan fingerprint density at radius 2 is 2.27 bits per heavy atom. The zero-order valence-electron chi connectivity index (χ0n) is 14.1. The molecule has 0 aromatic carbocycles. The van der Waals surface area contributed by atoms with Crippen molar-refractivity contribution in [2.45, 2.75) is 30.8 Å². The molecule has 1 fully saturated rings. The number of carbonyl (C=O) groups is 1. The van der Waals surface area contributed by atoms with Crippen LogP contribution in [0.1, 0.15) is 12.6 Å². The highest BCUT2D eigenvalue weighted by atomic mass is 16.7. The predicted octanol–water partition coefficient (Wildman–Crippen LogP) is -0.0135. The van der Waals surface area contributed by atoms with E-state index in [4.69, 9.17) is 19.9 Å². The molecule has 10 nitrogen and oxygen atoms in total. The number of rotatable bonds is 5. The molecule has 0 saturated carbocycles. The molecule has 1 saturated heterocycles. The van der Waals surface area contributed by atoms with E-state index in [0.717, 1.165) is 0 Å². The SMILES string of the molecule is C=CCOC(=O)OC[C@H]1O[C@@](C)(c2ccc3c(N)ncnn23)[C@H](O)[C@@H]1O. The largest absolute Gasteiger partial charge is 0.508 e. The second kappa shape index (κ2) is 6.90. The van der Waals surface area contributed by atoms with Gasteiger partial charge in [-0.2, -0.15) is 5.10 Å². The van der Waals surface area contributed by atoms with Crippen LogP contribution in [0.3, 0.4) is 0 Å². The summed E-state index contributed by atoms with van der Waals surface area (Å²) in [5.41, 5.74) is 5.54. The molecule has 3 rings (SSSR count). The Hall–Kier alpha value is -2.69. The van der Waals surface area contributed by atoms with Gasteiger partial charge in [0.05, 0.1) is 5.69 Å². The Bertz CT molecular complexity index is 824. The topological polar surface area (TPSA) is 141 Å². The first kappa shape index (κ1) is 18.1. The summed E-state index contributed by atoms with van der Waals surface area (Å²) >= 11 is 0. The third-order valence-electron chi connectivity index (χ3n) is 4.34. The minimum absolute atomic E-state index is 0.00449. The van der Waals surface area contributed by atoms with Crippen LogP contribution in [-0.2, 0) is 19.8 Å². The molecule has 4 N–H and O–H groups in total. The molecule has 26 heavy (non-hydrogen) atoms. The van der Waals surface area contributed by atoms with E-state index < -0.39 is 30.1 Å². The van der Waals surface area contributed by atoms with Crippen LogP contribution in [0.15, 0.2) is 31.1 Å². The molecule has 0 bridgehead atoms. The Balaban J connectivity index is 1.80. The second-order valence-electron chi connectivity index (χ2n) is 6.02. The molecule has 4 atom stereocenters. The van der Waals surface area contributed by atoms with Crippen molar-refractivity contribution in [2.24, 2.45) is 0 Å². The molecular formula is C16H20N4O6. The van der Waals surface area contributed by atoms with Crippen LogP contribution in [0.4, 0.5) is 10.6 Å². The van der Waals surface area contributed by atoms with E-state index in [1.165, 1.54) is 16.9 Å². The standard InChI is InChI=1S/C16H20N4O6/c1-3-6-24-15(23)25-7-10-12(21)13(22)16(2,26-10)11-5-4-9-14(17)18-8-19-20(9)11/h3-5,8,10,12-13,21-22H,1,6-7H2,2H3,(H2,17,18,19)/t10-,12-,13-,16+/m1/s1. The van der Waals surface area contributed by atoms with E-state index in [9.17, 15) is 15.0 Å². The molecule has 2 aromatic heterocycles. The fourth-order valence-electron chi connectivity index (χ4n) is 2.98. The first-order valence-electron chi connectivity index (χ1n) is 7.91. The number of anilines is 1. The molecule has 10 heteroatoms. The average molecular weight is 364 g/mol. The van der Waals surface area contributed by atoms with Gasteiger partial charge >= 0.3 is 6.16 Å². The van der Waals surface area contributed by atoms with Gasteiger partial charge in [0.15, 0.2) is 5.82 Å². The van der Waals surface area contributed by atoms with Gasteiger partial charge in [-0.15, -0.1) is 0 Å². The van der Waals surface area contributed by atoms with E-state index in [1.807, 2.05) is 0 Å². The number of aromatic nitrogens is 3. The van der Waals surface area contributed by atoms with E-state index in [2.05, 4.69) is 16.7 Å². The van der Waals surface area contributed by atoms with Crippen LogP contribution in [0, 0.1) is 0 Å². The van der Waals surface area contributed by atoms with Crippen molar-refractivity contribution in [3.05, 3.63) is 36.8 Å². The number of nitrogens with two attached hydrogens (primary N) is 1. The number of aliphatic hydroxyl groups excluding tert-OH is 2. The van der Waals surface area contributed by atoms with Crippen LogP contribution in [0.5, 0.6) is 0 Å². The van der Waals surface area contributed by atoms with Crippen molar-refractivity contribution in [2.75, 3.05) is 18.9 Å². The van der Waals surface area contributed by atoms with Gasteiger partial charge in [-0.1, -0.05) is 12.7 Å². The molecule has 1 aliphatic heterocycles. The highest BCUT2D eigenvalue weighted by molar-refractivity contribution is 5.65. The number of hydrogen-bond acceptors (Lipinski definition) is 9. The van der Waals surface area contributed by atoms with Crippen molar-refractivity contribution >= 4 is 17.5 Å². The molecule has 140 valence electrons. The maximum atomic E-state index is 11.4. The summed E-state index contributed by atoms with van der Waals surface area (Å²) in [4.78, 5) is 15.3. The lowest BCUT2D eigenvalue weighted by atomic mass is 9.93. The molecule has 2 aromatic rings. The van der Waals surface area contributed by atoms with Crippen molar-refractivity contribution in [3.63, 3.8) is 0 Å².